The van der Waals surface area contributed by atoms with Crippen molar-refractivity contribution < 1.29 is 22.7 Å². The van der Waals surface area contributed by atoms with Crippen molar-refractivity contribution >= 4 is 27.5 Å². The maximum atomic E-state index is 13.1. The number of sulfonamides is 1. The standard InChI is InChI=1S/C21H29ClN2O5S/c1-30(26,27)23-18-3-2-10-24-19(18)12-28-16-7-4-14(5-8-16)17-11-15(22)6-9-20(17)29-13-21(24)25/h6,9,11,14,16,18-19,23H,2-5,7-8,10,12-13H2,1H3/t14?,16?,18-,19-/m0/s1. The van der Waals surface area contributed by atoms with Crippen molar-refractivity contribution in [1.82, 2.24) is 9.62 Å². The van der Waals surface area contributed by atoms with E-state index in [2.05, 4.69) is 4.72 Å². The molecule has 4 aliphatic rings. The Morgan fingerprint density at radius 3 is 2.67 bits per heavy atom. The molecule has 3 aliphatic heterocycles. The van der Waals surface area contributed by atoms with Crippen LogP contribution in [0.3, 0.4) is 0 Å². The molecule has 9 heteroatoms. The summed E-state index contributed by atoms with van der Waals surface area (Å²) < 4.78 is 38.7. The highest BCUT2D eigenvalue weighted by molar-refractivity contribution is 7.88. The molecule has 0 radical (unpaired) electrons. The van der Waals surface area contributed by atoms with Gasteiger partial charge in [-0.3, -0.25) is 4.79 Å². The predicted molar refractivity (Wildman–Crippen MR) is 114 cm³/mol. The number of ether oxygens (including phenoxy) is 2. The summed E-state index contributed by atoms with van der Waals surface area (Å²) in [5.41, 5.74) is 1.06. The normalized spacial score (nSPS) is 30.3. The first-order valence-corrected chi connectivity index (χ1v) is 12.9. The van der Waals surface area contributed by atoms with Gasteiger partial charge in [-0.2, -0.15) is 0 Å². The van der Waals surface area contributed by atoms with Crippen LogP contribution >= 0.6 is 11.6 Å². The minimum atomic E-state index is -3.39. The van der Waals surface area contributed by atoms with Crippen molar-refractivity contribution in [1.29, 1.82) is 0 Å². The molecule has 30 heavy (non-hydrogen) atoms. The first-order chi connectivity index (χ1) is 14.3. The van der Waals surface area contributed by atoms with Gasteiger partial charge < -0.3 is 14.4 Å². The van der Waals surface area contributed by atoms with Gasteiger partial charge in [0, 0.05) is 17.6 Å². The van der Waals surface area contributed by atoms with E-state index < -0.39 is 10.0 Å². The Labute approximate surface area is 183 Å². The fourth-order valence-electron chi connectivity index (χ4n) is 4.95. The number of nitrogens with zero attached hydrogens (tertiary/aromatic N) is 1. The Hall–Kier alpha value is -1.35. The highest BCUT2D eigenvalue weighted by Crippen LogP contribution is 2.40. The van der Waals surface area contributed by atoms with Crippen LogP contribution in [0.15, 0.2) is 18.2 Å². The average molecular weight is 457 g/mol. The van der Waals surface area contributed by atoms with Crippen LogP contribution in [0.1, 0.15) is 50.0 Å². The summed E-state index contributed by atoms with van der Waals surface area (Å²) in [6, 6.07) is 4.88. The first-order valence-electron chi connectivity index (χ1n) is 10.6. The molecular weight excluding hydrogens is 428 g/mol. The van der Waals surface area contributed by atoms with Gasteiger partial charge in [-0.1, -0.05) is 11.6 Å². The molecule has 166 valence electrons. The molecule has 1 saturated heterocycles. The van der Waals surface area contributed by atoms with Gasteiger partial charge >= 0.3 is 0 Å². The third-order valence-electron chi connectivity index (χ3n) is 6.40. The third kappa shape index (κ3) is 5.10. The van der Waals surface area contributed by atoms with Crippen molar-refractivity contribution in [3.05, 3.63) is 28.8 Å². The topological polar surface area (TPSA) is 84.9 Å². The largest absolute Gasteiger partial charge is 0.483 e. The van der Waals surface area contributed by atoms with Gasteiger partial charge in [0.2, 0.25) is 10.0 Å². The molecule has 0 unspecified atom stereocenters. The quantitative estimate of drug-likeness (QED) is 0.739. The molecule has 1 amide bonds. The summed E-state index contributed by atoms with van der Waals surface area (Å²) in [6.45, 7) is 0.804. The predicted octanol–water partition coefficient (Wildman–Crippen LogP) is 2.68. The fraction of sp³-hybridized carbons (Fsp3) is 0.667. The second-order valence-corrected chi connectivity index (χ2v) is 10.8. The van der Waals surface area contributed by atoms with Crippen LogP contribution in [0.5, 0.6) is 5.75 Å². The van der Waals surface area contributed by atoms with Crippen LogP contribution in [-0.2, 0) is 19.6 Å². The SMILES string of the molecule is CS(=O)(=O)N[C@H]1CCCN2C(=O)COc3ccc(Cl)cc3C3CCC(CC3)OC[C@@H]12. The minimum Gasteiger partial charge on any atom is -0.483 e. The van der Waals surface area contributed by atoms with Crippen LogP contribution in [-0.4, -0.2) is 63.4 Å². The molecule has 1 N–H and O–H groups in total. The molecule has 1 aromatic carbocycles. The van der Waals surface area contributed by atoms with E-state index in [9.17, 15) is 13.2 Å². The molecule has 0 aromatic heterocycles. The van der Waals surface area contributed by atoms with Gasteiger partial charge in [-0.15, -0.1) is 0 Å². The van der Waals surface area contributed by atoms with Crippen LogP contribution in [0.2, 0.25) is 5.02 Å². The molecule has 2 fully saturated rings. The Bertz CT molecular complexity index is 885. The number of benzene rings is 1. The van der Waals surface area contributed by atoms with Gasteiger partial charge in [0.15, 0.2) is 6.61 Å². The number of rotatable bonds is 2. The van der Waals surface area contributed by atoms with Crippen LogP contribution in [0, 0.1) is 0 Å². The van der Waals surface area contributed by atoms with Crippen molar-refractivity contribution in [2.24, 2.45) is 0 Å². The molecule has 1 saturated carbocycles. The molecule has 5 rings (SSSR count). The monoisotopic (exact) mass is 456 g/mol. The van der Waals surface area contributed by atoms with E-state index in [-0.39, 0.29) is 30.7 Å². The number of carbonyl (C=O) groups excluding carboxylic acids is 1. The van der Waals surface area contributed by atoms with Crippen molar-refractivity contribution in [2.75, 3.05) is 26.0 Å². The van der Waals surface area contributed by atoms with E-state index in [1.54, 1.807) is 11.0 Å². The van der Waals surface area contributed by atoms with Crippen LogP contribution < -0.4 is 9.46 Å². The number of hydrogen-bond donors (Lipinski definition) is 1. The van der Waals surface area contributed by atoms with Crippen LogP contribution in [0.4, 0.5) is 0 Å². The lowest BCUT2D eigenvalue weighted by Gasteiger charge is -2.41. The highest BCUT2D eigenvalue weighted by atomic mass is 35.5. The summed E-state index contributed by atoms with van der Waals surface area (Å²) in [5, 5.41) is 0.664. The van der Waals surface area contributed by atoms with Gasteiger partial charge in [-0.25, -0.2) is 13.1 Å². The molecule has 1 aromatic rings. The second-order valence-electron chi connectivity index (χ2n) is 8.57. The van der Waals surface area contributed by atoms with E-state index in [1.807, 2.05) is 12.1 Å². The lowest BCUT2D eigenvalue weighted by Crippen LogP contribution is -2.59. The number of hydrogen-bond acceptors (Lipinski definition) is 5. The zero-order valence-electron chi connectivity index (χ0n) is 17.2. The summed E-state index contributed by atoms with van der Waals surface area (Å²) in [6.07, 6.45) is 6.45. The number of piperidine rings is 1. The summed E-state index contributed by atoms with van der Waals surface area (Å²) in [5.74, 6) is 0.878. The summed E-state index contributed by atoms with van der Waals surface area (Å²) in [4.78, 5) is 14.8. The van der Waals surface area contributed by atoms with E-state index in [0.29, 0.717) is 36.3 Å². The zero-order valence-corrected chi connectivity index (χ0v) is 18.8. The van der Waals surface area contributed by atoms with E-state index in [4.69, 9.17) is 21.1 Å². The molecule has 2 bridgehead atoms. The van der Waals surface area contributed by atoms with Gasteiger partial charge in [0.25, 0.3) is 5.91 Å². The lowest BCUT2D eigenvalue weighted by atomic mass is 9.82. The van der Waals surface area contributed by atoms with Gasteiger partial charge in [0.05, 0.1) is 25.0 Å². The number of halogens is 1. The van der Waals surface area contributed by atoms with Crippen molar-refractivity contribution in [3.63, 3.8) is 0 Å². The molecule has 7 nitrogen and oxygen atoms in total. The van der Waals surface area contributed by atoms with E-state index >= 15 is 0 Å². The van der Waals surface area contributed by atoms with Gasteiger partial charge in [0.1, 0.15) is 5.75 Å². The Kier molecular flexibility index (Phi) is 6.58. The molecule has 1 aliphatic carbocycles. The first kappa shape index (κ1) is 21.9. The zero-order chi connectivity index (χ0) is 21.3. The van der Waals surface area contributed by atoms with Crippen molar-refractivity contribution in [3.8, 4) is 5.75 Å². The number of amides is 1. The molecule has 0 spiro atoms. The van der Waals surface area contributed by atoms with E-state index in [0.717, 1.165) is 43.9 Å². The van der Waals surface area contributed by atoms with E-state index in [1.165, 1.54) is 0 Å². The lowest BCUT2D eigenvalue weighted by molar-refractivity contribution is -0.140. The smallest absolute Gasteiger partial charge is 0.260 e. The average Bonchev–Trinajstić information content (AvgIpc) is 2.71. The third-order valence-corrected chi connectivity index (χ3v) is 7.37. The van der Waals surface area contributed by atoms with Gasteiger partial charge in [-0.05, 0) is 68.2 Å². The maximum Gasteiger partial charge on any atom is 0.260 e. The number of fused-ring (bicyclic) bond motifs is 5. The molecule has 2 atom stereocenters. The maximum absolute atomic E-state index is 13.1. The molecule has 3 heterocycles. The fourth-order valence-corrected chi connectivity index (χ4v) is 5.96. The summed E-state index contributed by atoms with van der Waals surface area (Å²) in [7, 11) is -3.39. The second kappa shape index (κ2) is 9.02. The Balaban J connectivity index is 1.62. The highest BCUT2D eigenvalue weighted by Gasteiger charge is 2.37. The molecular formula is C21H29ClN2O5S. The Morgan fingerprint density at radius 2 is 1.93 bits per heavy atom. The Morgan fingerprint density at radius 1 is 1.17 bits per heavy atom. The number of carbonyl (C=O) groups is 1. The van der Waals surface area contributed by atoms with Crippen LogP contribution in [0.25, 0.3) is 0 Å². The minimum absolute atomic E-state index is 0.0904. The van der Waals surface area contributed by atoms with Crippen molar-refractivity contribution in [2.45, 2.75) is 62.6 Å². The number of nitrogens with one attached hydrogen (secondary N) is 1. The summed E-state index contributed by atoms with van der Waals surface area (Å²) >= 11 is 6.24.